The molecule has 1 aromatic carbocycles. The monoisotopic (exact) mass is 309 g/mol. The first-order chi connectivity index (χ1) is 9.99. The van der Waals surface area contributed by atoms with Crippen molar-refractivity contribution < 1.29 is 13.2 Å². The number of ether oxygens (including phenoxy) is 1. The molecule has 0 spiro atoms. The molecule has 6 nitrogen and oxygen atoms in total. The number of anilines is 1. The van der Waals surface area contributed by atoms with E-state index in [1.54, 1.807) is 18.2 Å². The van der Waals surface area contributed by atoms with Crippen molar-refractivity contribution >= 4 is 26.6 Å². The lowest BCUT2D eigenvalue weighted by molar-refractivity contribution is -0.00475. The summed E-state index contributed by atoms with van der Waals surface area (Å²) in [6.45, 7) is 2.60. The van der Waals surface area contributed by atoms with Crippen molar-refractivity contribution in [2.24, 2.45) is 0 Å². The van der Waals surface area contributed by atoms with E-state index in [-0.39, 0.29) is 17.0 Å². The fraction of sp³-hybridized carbons (Fsp3) is 0.429. The Bertz CT molecular complexity index is 748. The predicted octanol–water partition coefficient (Wildman–Crippen LogP) is 1.60. The second kappa shape index (κ2) is 5.32. The van der Waals surface area contributed by atoms with Crippen molar-refractivity contribution in [2.45, 2.75) is 36.8 Å². The third-order valence-corrected chi connectivity index (χ3v) is 5.34. The minimum absolute atomic E-state index is 0.0507. The number of fused-ring (bicyclic) bond motifs is 1. The van der Waals surface area contributed by atoms with Crippen molar-refractivity contribution in [1.29, 1.82) is 0 Å². The zero-order valence-electron chi connectivity index (χ0n) is 11.8. The maximum absolute atomic E-state index is 12.5. The summed E-state index contributed by atoms with van der Waals surface area (Å²) in [5.41, 5.74) is 7.01. The summed E-state index contributed by atoms with van der Waals surface area (Å²) < 4.78 is 33.1. The van der Waals surface area contributed by atoms with Crippen LogP contribution in [-0.4, -0.2) is 32.2 Å². The molecule has 1 fully saturated rings. The van der Waals surface area contributed by atoms with Gasteiger partial charge in [0, 0.05) is 35.4 Å². The lowest BCUT2D eigenvalue weighted by Gasteiger charge is -2.34. The Morgan fingerprint density at radius 3 is 2.90 bits per heavy atom. The molecule has 21 heavy (non-hydrogen) atoms. The first-order valence-corrected chi connectivity index (χ1v) is 8.48. The van der Waals surface area contributed by atoms with Gasteiger partial charge in [-0.15, -0.1) is 0 Å². The van der Waals surface area contributed by atoms with Crippen LogP contribution in [-0.2, 0) is 14.8 Å². The van der Waals surface area contributed by atoms with Gasteiger partial charge in [0.2, 0.25) is 10.0 Å². The smallest absolute Gasteiger partial charge is 0.242 e. The minimum Gasteiger partial charge on any atom is -0.399 e. The van der Waals surface area contributed by atoms with Crippen LogP contribution in [0.1, 0.15) is 19.8 Å². The molecule has 3 rings (SSSR count). The van der Waals surface area contributed by atoms with Crippen molar-refractivity contribution in [3.63, 3.8) is 0 Å². The second-order valence-electron chi connectivity index (χ2n) is 5.32. The van der Waals surface area contributed by atoms with Gasteiger partial charge >= 0.3 is 0 Å². The van der Waals surface area contributed by atoms with E-state index in [1.165, 1.54) is 6.20 Å². The van der Waals surface area contributed by atoms with Gasteiger partial charge in [-0.3, -0.25) is 0 Å². The van der Waals surface area contributed by atoms with E-state index in [9.17, 15) is 8.42 Å². The summed E-state index contributed by atoms with van der Waals surface area (Å²) in [5, 5.41) is 0.650. The molecular weight excluding hydrogens is 290 g/mol. The van der Waals surface area contributed by atoms with Crippen LogP contribution in [0, 0.1) is 0 Å². The van der Waals surface area contributed by atoms with Gasteiger partial charge in [-0.25, -0.2) is 13.1 Å². The Hall–Kier alpha value is -1.57. The molecule has 0 unspecified atom stereocenters. The summed E-state index contributed by atoms with van der Waals surface area (Å²) in [6.07, 6.45) is 3.13. The predicted molar refractivity (Wildman–Crippen MR) is 81.5 cm³/mol. The van der Waals surface area contributed by atoms with Crippen LogP contribution in [0.5, 0.6) is 0 Å². The average Bonchev–Trinajstić information content (AvgIpc) is 2.79. The van der Waals surface area contributed by atoms with Crippen molar-refractivity contribution in [1.82, 2.24) is 9.71 Å². The minimum atomic E-state index is -3.53. The molecule has 7 heteroatoms. The van der Waals surface area contributed by atoms with Crippen molar-refractivity contribution in [3.8, 4) is 0 Å². The van der Waals surface area contributed by atoms with Crippen LogP contribution in [0.25, 0.3) is 10.9 Å². The average molecular weight is 309 g/mol. The van der Waals surface area contributed by atoms with Crippen LogP contribution in [0.3, 0.4) is 0 Å². The van der Waals surface area contributed by atoms with Gasteiger partial charge in [0.05, 0.1) is 6.10 Å². The highest BCUT2D eigenvalue weighted by atomic mass is 32.2. The Kier molecular flexibility index (Phi) is 3.64. The fourth-order valence-corrected chi connectivity index (χ4v) is 4.10. The third-order valence-electron chi connectivity index (χ3n) is 3.78. The Morgan fingerprint density at radius 1 is 1.43 bits per heavy atom. The Balaban J connectivity index is 1.78. The van der Waals surface area contributed by atoms with E-state index < -0.39 is 10.0 Å². The van der Waals surface area contributed by atoms with Gasteiger partial charge in [0.1, 0.15) is 4.90 Å². The number of aromatic nitrogens is 1. The first kappa shape index (κ1) is 14.4. The number of nitrogens with two attached hydrogens (primary N) is 1. The van der Waals surface area contributed by atoms with Crippen molar-refractivity contribution in [3.05, 3.63) is 24.4 Å². The van der Waals surface area contributed by atoms with E-state index in [0.29, 0.717) is 17.7 Å². The highest BCUT2D eigenvalue weighted by Crippen LogP contribution is 2.28. The molecule has 0 radical (unpaired) electrons. The topological polar surface area (TPSA) is 97.2 Å². The van der Waals surface area contributed by atoms with Crippen LogP contribution in [0.4, 0.5) is 5.69 Å². The van der Waals surface area contributed by atoms with E-state index in [4.69, 9.17) is 10.5 Å². The van der Waals surface area contributed by atoms with Gasteiger partial charge in [-0.05, 0) is 38.0 Å². The third kappa shape index (κ3) is 2.76. The first-order valence-electron chi connectivity index (χ1n) is 7.00. The van der Waals surface area contributed by atoms with Crippen molar-refractivity contribution in [2.75, 3.05) is 12.3 Å². The molecule has 0 atom stereocenters. The summed E-state index contributed by atoms with van der Waals surface area (Å²) in [6, 6.07) is 5.09. The number of nitrogens with one attached hydrogen (secondary N) is 2. The molecule has 4 N–H and O–H groups in total. The molecule has 0 saturated heterocycles. The lowest BCUT2D eigenvalue weighted by Crippen LogP contribution is -2.47. The van der Waals surface area contributed by atoms with Gasteiger partial charge < -0.3 is 15.5 Å². The van der Waals surface area contributed by atoms with Crippen LogP contribution >= 0.6 is 0 Å². The van der Waals surface area contributed by atoms with E-state index >= 15 is 0 Å². The van der Waals surface area contributed by atoms with E-state index in [0.717, 1.165) is 18.4 Å². The van der Waals surface area contributed by atoms with Crippen LogP contribution < -0.4 is 10.5 Å². The molecule has 2 aromatic rings. The summed E-state index contributed by atoms with van der Waals surface area (Å²) >= 11 is 0. The largest absolute Gasteiger partial charge is 0.399 e. The molecule has 1 aliphatic rings. The van der Waals surface area contributed by atoms with Gasteiger partial charge in [-0.1, -0.05) is 0 Å². The SMILES string of the molecule is CCOC1CC(NS(=O)(=O)c2c[nH]c3cc(N)ccc23)C1. The van der Waals surface area contributed by atoms with Gasteiger partial charge in [0.15, 0.2) is 0 Å². The second-order valence-corrected chi connectivity index (χ2v) is 7.01. The fourth-order valence-electron chi connectivity index (χ4n) is 2.66. The quantitative estimate of drug-likeness (QED) is 0.731. The molecule has 1 aromatic heterocycles. The summed E-state index contributed by atoms with van der Waals surface area (Å²) in [4.78, 5) is 3.21. The number of aromatic amines is 1. The number of nitrogen functional groups attached to an aromatic ring is 1. The number of hydrogen-bond acceptors (Lipinski definition) is 4. The van der Waals surface area contributed by atoms with Gasteiger partial charge in [-0.2, -0.15) is 0 Å². The molecule has 1 saturated carbocycles. The number of rotatable bonds is 5. The number of hydrogen-bond donors (Lipinski definition) is 3. The van der Waals surface area contributed by atoms with Gasteiger partial charge in [0.25, 0.3) is 0 Å². The zero-order chi connectivity index (χ0) is 15.0. The molecule has 1 heterocycles. The summed E-state index contributed by atoms with van der Waals surface area (Å²) in [7, 11) is -3.53. The number of H-pyrrole nitrogens is 1. The van der Waals surface area contributed by atoms with Crippen LogP contribution in [0.15, 0.2) is 29.3 Å². The molecule has 0 bridgehead atoms. The zero-order valence-corrected chi connectivity index (χ0v) is 12.6. The maximum Gasteiger partial charge on any atom is 0.242 e. The van der Waals surface area contributed by atoms with E-state index in [1.807, 2.05) is 6.92 Å². The molecule has 114 valence electrons. The Labute approximate surface area is 123 Å². The molecule has 0 aliphatic heterocycles. The molecule has 1 aliphatic carbocycles. The maximum atomic E-state index is 12.5. The lowest BCUT2D eigenvalue weighted by atomic mass is 9.90. The standard InChI is InChI=1S/C14H19N3O3S/c1-2-20-11-6-10(7-11)17-21(18,19)14-8-16-13-5-9(15)3-4-12(13)14/h3-5,8,10-11,16-17H,2,6-7,15H2,1H3. The van der Waals surface area contributed by atoms with Crippen LogP contribution in [0.2, 0.25) is 0 Å². The highest BCUT2D eigenvalue weighted by molar-refractivity contribution is 7.89. The summed E-state index contributed by atoms with van der Waals surface area (Å²) in [5.74, 6) is 0. The Morgan fingerprint density at radius 2 is 2.19 bits per heavy atom. The number of sulfonamides is 1. The molecule has 0 amide bonds. The normalized spacial score (nSPS) is 22.3. The highest BCUT2D eigenvalue weighted by Gasteiger charge is 2.33. The van der Waals surface area contributed by atoms with E-state index in [2.05, 4.69) is 9.71 Å². The number of benzene rings is 1. The molecular formula is C14H19N3O3S.